The lowest BCUT2D eigenvalue weighted by atomic mass is 9.98. The highest BCUT2D eigenvalue weighted by atomic mass is 16.6. The van der Waals surface area contributed by atoms with Crippen LogP contribution in [0.4, 0.5) is 5.69 Å². The molecular formula is C16H12N6O4. The number of hydrogen-bond acceptors (Lipinski definition) is 8. The van der Waals surface area contributed by atoms with E-state index in [4.69, 9.17) is 4.52 Å². The summed E-state index contributed by atoms with van der Waals surface area (Å²) in [6.07, 6.45) is 4.62. The van der Waals surface area contributed by atoms with Gasteiger partial charge < -0.3 is 9.42 Å². The van der Waals surface area contributed by atoms with Crippen molar-refractivity contribution in [2.45, 2.75) is 5.92 Å². The quantitative estimate of drug-likeness (QED) is 0.512. The molecule has 0 N–H and O–H groups in total. The molecule has 0 radical (unpaired) electrons. The first-order valence-corrected chi connectivity index (χ1v) is 7.75. The summed E-state index contributed by atoms with van der Waals surface area (Å²) in [5, 5.41) is 14.7. The Bertz CT molecular complexity index is 968. The lowest BCUT2D eigenvalue weighted by Gasteiger charge is -2.37. The minimum absolute atomic E-state index is 0.0735. The highest BCUT2D eigenvalue weighted by molar-refractivity contribution is 5.95. The third kappa shape index (κ3) is 2.88. The maximum atomic E-state index is 12.4. The molecule has 1 aliphatic heterocycles. The van der Waals surface area contributed by atoms with Crippen molar-refractivity contribution >= 4 is 11.6 Å². The van der Waals surface area contributed by atoms with Crippen molar-refractivity contribution in [3.05, 3.63) is 64.4 Å². The summed E-state index contributed by atoms with van der Waals surface area (Å²) in [4.78, 5) is 36.7. The monoisotopic (exact) mass is 352 g/mol. The van der Waals surface area contributed by atoms with Gasteiger partial charge in [0.1, 0.15) is 5.69 Å². The van der Waals surface area contributed by atoms with Crippen molar-refractivity contribution in [3.63, 3.8) is 0 Å². The van der Waals surface area contributed by atoms with Gasteiger partial charge in [0, 0.05) is 43.2 Å². The van der Waals surface area contributed by atoms with Crippen molar-refractivity contribution in [2.24, 2.45) is 0 Å². The number of likely N-dealkylation sites (tertiary alicyclic amines) is 1. The summed E-state index contributed by atoms with van der Waals surface area (Å²) in [6.45, 7) is 0.813. The van der Waals surface area contributed by atoms with Crippen LogP contribution in [-0.4, -0.2) is 48.9 Å². The third-order valence-electron chi connectivity index (χ3n) is 4.06. The van der Waals surface area contributed by atoms with Crippen molar-refractivity contribution < 1.29 is 14.2 Å². The number of hydrogen-bond donors (Lipinski definition) is 0. The molecule has 10 nitrogen and oxygen atoms in total. The zero-order valence-corrected chi connectivity index (χ0v) is 13.3. The lowest BCUT2D eigenvalue weighted by molar-refractivity contribution is -0.384. The van der Waals surface area contributed by atoms with E-state index in [1.165, 1.54) is 30.6 Å². The summed E-state index contributed by atoms with van der Waals surface area (Å²) in [5.74, 6) is 0.430. The molecule has 1 fully saturated rings. The van der Waals surface area contributed by atoms with Gasteiger partial charge in [-0.15, -0.1) is 0 Å². The summed E-state index contributed by atoms with van der Waals surface area (Å²) in [6, 6.07) is 5.67. The fraction of sp³-hybridized carbons (Fsp3) is 0.188. The van der Waals surface area contributed by atoms with Gasteiger partial charge in [0.25, 0.3) is 11.6 Å². The molecular weight excluding hydrogens is 340 g/mol. The van der Waals surface area contributed by atoms with Crippen LogP contribution in [0.25, 0.3) is 11.5 Å². The maximum Gasteiger partial charge on any atom is 0.270 e. The second kappa shape index (κ2) is 6.31. The molecule has 2 aromatic heterocycles. The number of rotatable bonds is 4. The van der Waals surface area contributed by atoms with E-state index in [2.05, 4.69) is 20.1 Å². The van der Waals surface area contributed by atoms with E-state index in [9.17, 15) is 14.9 Å². The second-order valence-electron chi connectivity index (χ2n) is 5.76. The van der Waals surface area contributed by atoms with Crippen LogP contribution in [0.1, 0.15) is 22.2 Å². The van der Waals surface area contributed by atoms with E-state index in [0.717, 1.165) is 0 Å². The van der Waals surface area contributed by atoms with Crippen LogP contribution in [0.15, 0.2) is 47.4 Å². The molecule has 1 saturated heterocycles. The average Bonchev–Trinajstić information content (AvgIpc) is 3.11. The molecule has 1 aliphatic rings. The number of nitro groups is 1. The summed E-state index contributed by atoms with van der Waals surface area (Å²) in [7, 11) is 0. The summed E-state index contributed by atoms with van der Waals surface area (Å²) in [5.41, 5.74) is 0.674. The SMILES string of the molecule is O=C(c1cccc([N+](=O)[O-])c1)N1CC(c2nc(-c3cnccn3)no2)C1. The Morgan fingerprint density at radius 2 is 2.15 bits per heavy atom. The Morgan fingerprint density at radius 1 is 1.31 bits per heavy atom. The predicted octanol–water partition coefficient (Wildman–Crippen LogP) is 1.67. The van der Waals surface area contributed by atoms with Gasteiger partial charge in [-0.25, -0.2) is 4.98 Å². The first-order valence-electron chi connectivity index (χ1n) is 7.75. The fourth-order valence-electron chi connectivity index (χ4n) is 2.66. The highest BCUT2D eigenvalue weighted by Gasteiger charge is 2.36. The van der Waals surface area contributed by atoms with Crippen LogP contribution in [0.3, 0.4) is 0 Å². The number of nitrogens with zero attached hydrogens (tertiary/aromatic N) is 6. The Balaban J connectivity index is 1.43. The normalized spacial score (nSPS) is 14.1. The molecule has 130 valence electrons. The number of aromatic nitrogens is 4. The van der Waals surface area contributed by atoms with Crippen LogP contribution in [0.5, 0.6) is 0 Å². The molecule has 3 heterocycles. The molecule has 1 amide bonds. The van der Waals surface area contributed by atoms with E-state index < -0.39 is 4.92 Å². The molecule has 0 unspecified atom stereocenters. The van der Waals surface area contributed by atoms with Gasteiger partial charge in [-0.1, -0.05) is 11.2 Å². The highest BCUT2D eigenvalue weighted by Crippen LogP contribution is 2.28. The smallest absolute Gasteiger partial charge is 0.270 e. The van der Waals surface area contributed by atoms with Crippen LogP contribution in [0.2, 0.25) is 0 Å². The number of non-ortho nitro benzene ring substituents is 1. The first kappa shape index (κ1) is 15.8. The number of carbonyl (C=O) groups excluding carboxylic acids is 1. The Labute approximate surface area is 146 Å². The van der Waals surface area contributed by atoms with Gasteiger partial charge >= 0.3 is 0 Å². The molecule has 0 saturated carbocycles. The third-order valence-corrected chi connectivity index (χ3v) is 4.06. The van der Waals surface area contributed by atoms with Gasteiger partial charge in [0.05, 0.1) is 17.0 Å². The zero-order valence-electron chi connectivity index (χ0n) is 13.3. The Hall–Kier alpha value is -3.69. The van der Waals surface area contributed by atoms with Gasteiger partial charge in [-0.3, -0.25) is 19.9 Å². The van der Waals surface area contributed by atoms with Crippen molar-refractivity contribution in [1.82, 2.24) is 25.0 Å². The molecule has 4 rings (SSSR count). The van der Waals surface area contributed by atoms with Gasteiger partial charge in [-0.05, 0) is 6.07 Å². The predicted molar refractivity (Wildman–Crippen MR) is 87.1 cm³/mol. The largest absolute Gasteiger partial charge is 0.338 e. The molecule has 26 heavy (non-hydrogen) atoms. The fourth-order valence-corrected chi connectivity index (χ4v) is 2.66. The lowest BCUT2D eigenvalue weighted by Crippen LogP contribution is -2.48. The molecule has 0 spiro atoms. The van der Waals surface area contributed by atoms with Crippen LogP contribution in [-0.2, 0) is 0 Å². The van der Waals surface area contributed by atoms with Gasteiger partial charge in [0.2, 0.25) is 11.7 Å². The standard InChI is InChI=1S/C16H12N6O4/c23-16(10-2-1-3-12(6-10)22(24)25)21-8-11(9-21)15-19-14(20-26-15)13-7-17-4-5-18-13/h1-7,11H,8-9H2. The van der Waals surface area contributed by atoms with E-state index in [0.29, 0.717) is 30.5 Å². The molecule has 1 aromatic carbocycles. The number of carbonyl (C=O) groups is 1. The van der Waals surface area contributed by atoms with Crippen LogP contribution >= 0.6 is 0 Å². The number of benzene rings is 1. The molecule has 0 bridgehead atoms. The van der Waals surface area contributed by atoms with E-state index in [1.807, 2.05) is 0 Å². The Morgan fingerprint density at radius 3 is 2.88 bits per heavy atom. The summed E-state index contributed by atoms with van der Waals surface area (Å²) < 4.78 is 5.25. The average molecular weight is 352 g/mol. The van der Waals surface area contributed by atoms with Gasteiger partial charge in [-0.2, -0.15) is 4.98 Å². The van der Waals surface area contributed by atoms with Crippen molar-refractivity contribution in [1.29, 1.82) is 0 Å². The first-order chi connectivity index (χ1) is 12.6. The van der Waals surface area contributed by atoms with E-state index in [-0.39, 0.29) is 23.1 Å². The number of amides is 1. The molecule has 0 aliphatic carbocycles. The minimum Gasteiger partial charge on any atom is -0.338 e. The zero-order chi connectivity index (χ0) is 18.1. The van der Waals surface area contributed by atoms with Crippen molar-refractivity contribution in [2.75, 3.05) is 13.1 Å². The van der Waals surface area contributed by atoms with Crippen LogP contribution < -0.4 is 0 Å². The summed E-state index contributed by atoms with van der Waals surface area (Å²) >= 11 is 0. The van der Waals surface area contributed by atoms with Crippen LogP contribution in [0, 0.1) is 10.1 Å². The van der Waals surface area contributed by atoms with E-state index >= 15 is 0 Å². The molecule has 0 atom stereocenters. The Kier molecular flexibility index (Phi) is 3.84. The maximum absolute atomic E-state index is 12.4. The molecule has 3 aromatic rings. The van der Waals surface area contributed by atoms with Crippen molar-refractivity contribution in [3.8, 4) is 11.5 Å². The topological polar surface area (TPSA) is 128 Å². The number of nitro benzene ring substituents is 1. The van der Waals surface area contributed by atoms with Gasteiger partial charge in [0.15, 0.2) is 0 Å². The second-order valence-corrected chi connectivity index (χ2v) is 5.76. The van der Waals surface area contributed by atoms with E-state index in [1.54, 1.807) is 17.2 Å². The molecule has 10 heteroatoms. The minimum atomic E-state index is -0.526.